The first-order valence-corrected chi connectivity index (χ1v) is 18.2. The maximum Gasteiger partial charge on any atom is 0.446 e. The second kappa shape index (κ2) is 15.2. The van der Waals surface area contributed by atoms with Crippen LogP contribution in [-0.4, -0.2) is 39.5 Å². The maximum atomic E-state index is 13.4. The number of fused-ring (bicyclic) bond motifs is 1. The molecule has 11 heteroatoms. The first kappa shape index (κ1) is 35.4. The number of alkyl halides is 3. The van der Waals surface area contributed by atoms with Gasteiger partial charge in [-0.2, -0.15) is 18.2 Å². The van der Waals surface area contributed by atoms with Gasteiger partial charge in [-0.05, 0) is 133 Å². The summed E-state index contributed by atoms with van der Waals surface area (Å²) in [5.41, 5.74) is 7.23. The van der Waals surface area contributed by atoms with Gasteiger partial charge in [0.15, 0.2) is 0 Å². The Morgan fingerprint density at radius 1 is 0.900 bits per heavy atom. The zero-order valence-electron chi connectivity index (χ0n) is 27.8. The molecular weight excluding hydrogens is 678 g/mol. The van der Waals surface area contributed by atoms with Gasteiger partial charge in [-0.25, -0.2) is 4.79 Å². The van der Waals surface area contributed by atoms with Gasteiger partial charge in [0.2, 0.25) is 0 Å². The van der Waals surface area contributed by atoms with Crippen molar-refractivity contribution >= 4 is 34.6 Å². The van der Waals surface area contributed by atoms with Crippen LogP contribution in [0, 0.1) is 0 Å². The molecular formula is C39H37F3N4O2S2. The molecule has 4 aromatic carbocycles. The Balaban J connectivity index is 1.33. The maximum absolute atomic E-state index is 13.4. The number of nitrogens with one attached hydrogen (secondary N) is 1. The van der Waals surface area contributed by atoms with E-state index in [-0.39, 0.29) is 28.6 Å². The molecule has 0 bridgehead atoms. The Morgan fingerprint density at radius 3 is 2.14 bits per heavy atom. The fraction of sp³-hybridized carbons (Fsp3) is 0.231. The average Bonchev–Trinajstić information content (AvgIpc) is 3.51. The van der Waals surface area contributed by atoms with Crippen LogP contribution in [0.1, 0.15) is 47.9 Å². The molecule has 6 rings (SSSR count). The molecule has 0 saturated heterocycles. The van der Waals surface area contributed by atoms with Gasteiger partial charge in [-0.1, -0.05) is 36.4 Å². The third kappa shape index (κ3) is 8.46. The number of hydrogen-bond acceptors (Lipinski definition) is 6. The standard InChI is InChI=1S/C39H37F3N4O2S2/c1-24(43)5-4-6-25-19-29(21-34(20-25)50-39(40,41)42)35-22-30-23-46(38(47)45-37(30)44-35)31-13-7-26(8-14-31)36(27-9-15-32(48-2)16-10-27)28-11-17-33(49-3)18-12-28/h7-24,36H,4-6,43H2,1-3H3,(H,44,45,47)/t24-,36-/m0/s1. The van der Waals surface area contributed by atoms with E-state index in [0.29, 0.717) is 34.4 Å². The number of H-pyrrole nitrogens is 1. The quantitative estimate of drug-likeness (QED) is 0.0971. The molecule has 0 amide bonds. The third-order valence-corrected chi connectivity index (χ3v) is 9.99. The zero-order valence-corrected chi connectivity index (χ0v) is 29.5. The number of aromatic amines is 1. The van der Waals surface area contributed by atoms with Gasteiger partial charge in [0, 0.05) is 39.0 Å². The van der Waals surface area contributed by atoms with Crippen LogP contribution in [0.3, 0.4) is 0 Å². The molecule has 3 N–H and O–H groups in total. The van der Waals surface area contributed by atoms with Crippen molar-refractivity contribution in [3.63, 3.8) is 0 Å². The lowest BCUT2D eigenvalue weighted by Crippen LogP contribution is -2.20. The predicted molar refractivity (Wildman–Crippen MR) is 198 cm³/mol. The Kier molecular flexibility index (Phi) is 10.8. The molecule has 2 atom stereocenters. The molecule has 50 heavy (non-hydrogen) atoms. The monoisotopic (exact) mass is 714 g/mol. The smallest absolute Gasteiger partial charge is 0.446 e. The summed E-state index contributed by atoms with van der Waals surface area (Å²) in [7, 11) is 1.65. The van der Waals surface area contributed by atoms with Gasteiger partial charge >= 0.3 is 11.2 Å². The lowest BCUT2D eigenvalue weighted by molar-refractivity contribution is -0.0328. The molecule has 0 radical (unpaired) electrons. The van der Waals surface area contributed by atoms with Crippen molar-refractivity contribution in [2.45, 2.75) is 53.4 Å². The highest BCUT2D eigenvalue weighted by molar-refractivity contribution is 8.00. The number of nitrogens with two attached hydrogens (primary N) is 1. The topological polar surface area (TPSA) is 85.9 Å². The summed E-state index contributed by atoms with van der Waals surface area (Å²) in [5.74, 6) is 0.728. The molecule has 6 nitrogen and oxygen atoms in total. The van der Waals surface area contributed by atoms with Gasteiger partial charge in [0.25, 0.3) is 0 Å². The van der Waals surface area contributed by atoms with E-state index in [2.05, 4.69) is 52.6 Å². The third-order valence-electron chi connectivity index (χ3n) is 8.55. The molecule has 0 saturated carbocycles. The van der Waals surface area contributed by atoms with Crippen molar-refractivity contribution in [1.82, 2.24) is 14.5 Å². The van der Waals surface area contributed by atoms with Crippen molar-refractivity contribution in [3.05, 3.63) is 136 Å². The first-order chi connectivity index (χ1) is 24.0. The highest BCUT2D eigenvalue weighted by Crippen LogP contribution is 2.39. The summed E-state index contributed by atoms with van der Waals surface area (Å²) in [6, 6.07) is 31.2. The number of aryl methyl sites for hydroxylation is 1. The Bertz CT molecular complexity index is 2080. The van der Waals surface area contributed by atoms with Crippen molar-refractivity contribution in [2.75, 3.05) is 13.4 Å². The van der Waals surface area contributed by atoms with E-state index >= 15 is 0 Å². The van der Waals surface area contributed by atoms with E-state index in [1.807, 2.05) is 55.5 Å². The van der Waals surface area contributed by atoms with E-state index < -0.39 is 11.2 Å². The number of rotatable bonds is 12. The van der Waals surface area contributed by atoms with Gasteiger partial charge in [0.05, 0.1) is 12.8 Å². The Morgan fingerprint density at radius 2 is 1.54 bits per heavy atom. The molecule has 2 heterocycles. The number of nitrogens with zero attached hydrogens (tertiary/aromatic N) is 2. The van der Waals surface area contributed by atoms with Gasteiger partial charge in [0.1, 0.15) is 11.4 Å². The summed E-state index contributed by atoms with van der Waals surface area (Å²) < 4.78 is 47.0. The predicted octanol–water partition coefficient (Wildman–Crippen LogP) is 9.57. The van der Waals surface area contributed by atoms with E-state index in [9.17, 15) is 18.0 Å². The largest absolute Gasteiger partial charge is 0.497 e. The summed E-state index contributed by atoms with van der Waals surface area (Å²) in [5, 5.41) is 0.654. The molecule has 0 unspecified atom stereocenters. The van der Waals surface area contributed by atoms with Crippen LogP contribution in [0.25, 0.3) is 28.0 Å². The highest BCUT2D eigenvalue weighted by atomic mass is 32.2. The fourth-order valence-corrected chi connectivity index (χ4v) is 7.19. The van der Waals surface area contributed by atoms with Crippen molar-refractivity contribution in [1.29, 1.82) is 0 Å². The lowest BCUT2D eigenvalue weighted by atomic mass is 9.85. The Hall–Kier alpha value is -4.45. The highest BCUT2D eigenvalue weighted by Gasteiger charge is 2.29. The van der Waals surface area contributed by atoms with E-state index in [4.69, 9.17) is 10.5 Å². The Labute approximate surface area is 297 Å². The summed E-state index contributed by atoms with van der Waals surface area (Å²) in [6.45, 7) is 1.91. The number of aromatic nitrogens is 3. The summed E-state index contributed by atoms with van der Waals surface area (Å²) in [4.78, 5) is 22.0. The van der Waals surface area contributed by atoms with Crippen LogP contribution in [0.15, 0.2) is 118 Å². The molecule has 2 aromatic heterocycles. The SMILES string of the molecule is COc1ccc([C@@H](c2ccc(SC)cc2)c2ccc(-n3cc4cc(-c5cc(CCC[C@H](C)N)cc(SC(F)(F)F)c5)[nH]c4nc3=O)cc2)cc1. The molecule has 0 aliphatic rings. The minimum absolute atomic E-state index is 0.0123. The molecule has 0 spiro atoms. The van der Waals surface area contributed by atoms with E-state index in [1.54, 1.807) is 31.1 Å². The second-order valence-corrected chi connectivity index (χ2v) is 14.3. The number of thioether (sulfide) groups is 2. The normalized spacial score (nSPS) is 13.0. The van der Waals surface area contributed by atoms with Crippen molar-refractivity contribution in [2.24, 2.45) is 5.73 Å². The minimum atomic E-state index is -4.42. The summed E-state index contributed by atoms with van der Waals surface area (Å²) in [6.07, 6.45) is 5.88. The van der Waals surface area contributed by atoms with Crippen molar-refractivity contribution < 1.29 is 17.9 Å². The zero-order chi connectivity index (χ0) is 35.4. The van der Waals surface area contributed by atoms with Crippen molar-refractivity contribution in [3.8, 4) is 22.7 Å². The van der Waals surface area contributed by atoms with Crippen LogP contribution < -0.4 is 16.2 Å². The second-order valence-electron chi connectivity index (χ2n) is 12.2. The van der Waals surface area contributed by atoms with Crippen LogP contribution in [-0.2, 0) is 6.42 Å². The number of halogens is 3. The van der Waals surface area contributed by atoms with Crippen LogP contribution in [0.5, 0.6) is 5.75 Å². The fourth-order valence-electron chi connectivity index (χ4n) is 6.11. The summed E-state index contributed by atoms with van der Waals surface area (Å²) >= 11 is 1.55. The first-order valence-electron chi connectivity index (χ1n) is 16.2. The van der Waals surface area contributed by atoms with Gasteiger partial charge in [-0.15, -0.1) is 11.8 Å². The van der Waals surface area contributed by atoms with E-state index in [1.165, 1.54) is 15.5 Å². The number of hydrogen-bond donors (Lipinski definition) is 2. The van der Waals surface area contributed by atoms with Crippen LogP contribution >= 0.6 is 23.5 Å². The molecule has 6 aromatic rings. The number of ether oxygens (including phenoxy) is 1. The van der Waals surface area contributed by atoms with Gasteiger partial charge in [-0.3, -0.25) is 4.57 Å². The average molecular weight is 715 g/mol. The molecule has 0 aliphatic carbocycles. The minimum Gasteiger partial charge on any atom is -0.497 e. The molecule has 0 fully saturated rings. The van der Waals surface area contributed by atoms with E-state index in [0.717, 1.165) is 40.8 Å². The lowest BCUT2D eigenvalue weighted by Gasteiger charge is -2.20. The van der Waals surface area contributed by atoms with Crippen LogP contribution in [0.2, 0.25) is 0 Å². The number of methoxy groups -OCH3 is 1. The molecule has 0 aliphatic heterocycles. The van der Waals surface area contributed by atoms with Gasteiger partial charge < -0.3 is 15.5 Å². The molecule has 258 valence electrons. The number of benzene rings is 4. The van der Waals surface area contributed by atoms with Crippen LogP contribution in [0.4, 0.5) is 13.2 Å².